The number of likely N-dealkylation sites (N-methyl/N-ethyl adjacent to an activating group) is 1. The first-order valence-electron chi connectivity index (χ1n) is 11.1. The highest BCUT2D eigenvalue weighted by atomic mass is 32.1. The lowest BCUT2D eigenvalue weighted by Crippen LogP contribution is -2.42. The first-order valence-corrected chi connectivity index (χ1v) is 11.9. The molecule has 2 atom stereocenters. The Bertz CT molecular complexity index is 1230. The number of aryl methyl sites for hydroxylation is 1. The molecule has 0 saturated heterocycles. The molecule has 2 heterocycles. The van der Waals surface area contributed by atoms with Crippen molar-refractivity contribution >= 4 is 50.9 Å². The number of rotatable bonds is 8. The minimum atomic E-state index is -0.0541. The van der Waals surface area contributed by atoms with Crippen LogP contribution in [0.4, 0.5) is 17.2 Å². The molecular weight excluding hydrogens is 452 g/mol. The van der Waals surface area contributed by atoms with E-state index >= 15 is 0 Å². The van der Waals surface area contributed by atoms with Gasteiger partial charge in [-0.2, -0.15) is 0 Å². The molecule has 3 aromatic rings. The summed E-state index contributed by atoms with van der Waals surface area (Å²) in [7, 11) is 5.08. The molecule has 0 bridgehead atoms. The standard InChI is InChI=1S/C24H30N6O3S/c1-13(11-32-3)30(2)24(31)14-5-6-16-20(8-14)34-23-21(16)22(27-12-28-23)29-18-7-15(10-25)17(26)9-19(18)33-4/h7,9-10,12-14,25H,5-6,8,11,26H2,1-4H3,(H,27,28,29)/t13-,14+/m1/s1. The van der Waals surface area contributed by atoms with Gasteiger partial charge in [-0.25, -0.2) is 9.97 Å². The van der Waals surface area contributed by atoms with Gasteiger partial charge >= 0.3 is 0 Å². The number of carbonyl (C=O) groups is 1. The van der Waals surface area contributed by atoms with Crippen molar-refractivity contribution in [2.75, 3.05) is 38.9 Å². The number of hydrogen-bond donors (Lipinski definition) is 3. The lowest BCUT2D eigenvalue weighted by Gasteiger charge is -2.30. The second-order valence-electron chi connectivity index (χ2n) is 8.55. The number of nitrogens with one attached hydrogen (secondary N) is 2. The van der Waals surface area contributed by atoms with Gasteiger partial charge in [0.05, 0.1) is 30.8 Å². The predicted octanol–water partition coefficient (Wildman–Crippen LogP) is 3.62. The van der Waals surface area contributed by atoms with E-state index in [4.69, 9.17) is 20.6 Å². The number of amides is 1. The molecule has 10 heteroatoms. The highest BCUT2D eigenvalue weighted by Gasteiger charge is 2.32. The Labute approximate surface area is 202 Å². The van der Waals surface area contributed by atoms with Gasteiger partial charge < -0.3 is 30.8 Å². The van der Waals surface area contributed by atoms with Crippen LogP contribution in [0.1, 0.15) is 29.3 Å². The fourth-order valence-corrected chi connectivity index (χ4v) is 5.67. The maximum atomic E-state index is 13.1. The number of anilines is 3. The molecule has 0 saturated carbocycles. The van der Waals surface area contributed by atoms with Gasteiger partial charge in [0.2, 0.25) is 5.91 Å². The summed E-state index contributed by atoms with van der Waals surface area (Å²) in [6, 6.07) is 3.50. The van der Waals surface area contributed by atoms with Crippen LogP contribution in [-0.4, -0.2) is 60.9 Å². The first kappa shape index (κ1) is 23.9. The van der Waals surface area contributed by atoms with Crippen molar-refractivity contribution in [1.29, 1.82) is 5.41 Å². The third kappa shape index (κ3) is 4.43. The molecular formula is C24H30N6O3S. The van der Waals surface area contributed by atoms with E-state index in [2.05, 4.69) is 15.3 Å². The Morgan fingerprint density at radius 2 is 2.21 bits per heavy atom. The minimum Gasteiger partial charge on any atom is -0.494 e. The van der Waals surface area contributed by atoms with Gasteiger partial charge in [0.25, 0.3) is 0 Å². The molecule has 0 spiro atoms. The number of methoxy groups -OCH3 is 2. The van der Waals surface area contributed by atoms with E-state index in [9.17, 15) is 4.79 Å². The summed E-state index contributed by atoms with van der Waals surface area (Å²) in [5.74, 6) is 1.35. The van der Waals surface area contributed by atoms with E-state index < -0.39 is 0 Å². The molecule has 1 aliphatic carbocycles. The van der Waals surface area contributed by atoms with Crippen LogP contribution >= 0.6 is 11.3 Å². The summed E-state index contributed by atoms with van der Waals surface area (Å²) in [5, 5.41) is 12.0. The van der Waals surface area contributed by atoms with Crippen molar-refractivity contribution in [1.82, 2.24) is 14.9 Å². The zero-order chi connectivity index (χ0) is 24.4. The highest BCUT2D eigenvalue weighted by molar-refractivity contribution is 7.19. The minimum absolute atomic E-state index is 0.0312. The Balaban J connectivity index is 1.65. The van der Waals surface area contributed by atoms with Gasteiger partial charge in [-0.3, -0.25) is 4.79 Å². The average molecular weight is 483 g/mol. The zero-order valence-corrected chi connectivity index (χ0v) is 20.7. The second-order valence-corrected chi connectivity index (χ2v) is 9.63. The zero-order valence-electron chi connectivity index (χ0n) is 19.8. The monoisotopic (exact) mass is 482 g/mol. The number of nitrogen functional groups attached to an aromatic ring is 1. The number of nitrogens with zero attached hydrogens (tertiary/aromatic N) is 3. The van der Waals surface area contributed by atoms with Gasteiger partial charge in [-0.05, 0) is 37.8 Å². The fourth-order valence-electron chi connectivity index (χ4n) is 4.41. The van der Waals surface area contributed by atoms with Crippen LogP contribution in [0.5, 0.6) is 5.75 Å². The molecule has 34 heavy (non-hydrogen) atoms. The summed E-state index contributed by atoms with van der Waals surface area (Å²) in [6.07, 6.45) is 5.01. The number of aromatic nitrogens is 2. The van der Waals surface area contributed by atoms with E-state index in [0.29, 0.717) is 41.5 Å². The number of fused-ring (bicyclic) bond motifs is 3. The summed E-state index contributed by atoms with van der Waals surface area (Å²) in [5.41, 5.74) is 8.94. The lowest BCUT2D eigenvalue weighted by atomic mass is 9.86. The van der Waals surface area contributed by atoms with E-state index in [-0.39, 0.29) is 17.9 Å². The van der Waals surface area contributed by atoms with Gasteiger partial charge in [0, 0.05) is 48.5 Å². The smallest absolute Gasteiger partial charge is 0.226 e. The third-order valence-corrected chi connectivity index (χ3v) is 7.59. The number of hydrogen-bond acceptors (Lipinski definition) is 9. The second kappa shape index (κ2) is 9.94. The third-order valence-electron chi connectivity index (χ3n) is 6.42. The van der Waals surface area contributed by atoms with Crippen molar-refractivity contribution in [3.05, 3.63) is 34.5 Å². The van der Waals surface area contributed by atoms with E-state index in [0.717, 1.165) is 23.1 Å². The predicted molar refractivity (Wildman–Crippen MR) is 136 cm³/mol. The van der Waals surface area contributed by atoms with Crippen LogP contribution < -0.4 is 15.8 Å². The Morgan fingerprint density at radius 1 is 1.41 bits per heavy atom. The molecule has 0 unspecified atom stereocenters. The largest absolute Gasteiger partial charge is 0.494 e. The van der Waals surface area contributed by atoms with Crippen LogP contribution in [0.25, 0.3) is 10.2 Å². The highest BCUT2D eigenvalue weighted by Crippen LogP contribution is 2.42. The first-order chi connectivity index (χ1) is 16.4. The van der Waals surface area contributed by atoms with Crippen LogP contribution in [-0.2, 0) is 22.4 Å². The van der Waals surface area contributed by atoms with Crippen LogP contribution in [0.3, 0.4) is 0 Å². The molecule has 9 nitrogen and oxygen atoms in total. The molecule has 0 radical (unpaired) electrons. The van der Waals surface area contributed by atoms with Crippen molar-refractivity contribution in [2.24, 2.45) is 5.92 Å². The van der Waals surface area contributed by atoms with Crippen molar-refractivity contribution in [2.45, 2.75) is 32.2 Å². The molecule has 1 aromatic carbocycles. The molecule has 4 rings (SSSR count). The summed E-state index contributed by atoms with van der Waals surface area (Å²) in [4.78, 5) is 26.0. The van der Waals surface area contributed by atoms with Crippen LogP contribution in [0, 0.1) is 11.3 Å². The van der Waals surface area contributed by atoms with E-state index in [1.807, 2.05) is 14.0 Å². The quantitative estimate of drug-likeness (QED) is 0.331. The van der Waals surface area contributed by atoms with Crippen molar-refractivity contribution < 1.29 is 14.3 Å². The Hall–Kier alpha value is -3.24. The Morgan fingerprint density at radius 3 is 2.91 bits per heavy atom. The topological polar surface area (TPSA) is 126 Å². The van der Waals surface area contributed by atoms with E-state index in [1.165, 1.54) is 23.0 Å². The molecule has 1 amide bonds. The Kier molecular flexibility index (Phi) is 6.99. The molecule has 4 N–H and O–H groups in total. The fraction of sp³-hybridized carbons (Fsp3) is 0.417. The van der Waals surface area contributed by atoms with Crippen molar-refractivity contribution in [3.8, 4) is 5.75 Å². The molecule has 0 fully saturated rings. The molecule has 2 aromatic heterocycles. The van der Waals surface area contributed by atoms with Gasteiger partial charge in [-0.15, -0.1) is 11.3 Å². The average Bonchev–Trinajstić information content (AvgIpc) is 3.22. The van der Waals surface area contributed by atoms with Crippen molar-refractivity contribution in [3.63, 3.8) is 0 Å². The number of nitrogens with two attached hydrogens (primary N) is 1. The van der Waals surface area contributed by atoms with Gasteiger partial charge in [-0.1, -0.05) is 0 Å². The SMILES string of the molecule is COC[C@@H](C)N(C)C(=O)[C@H]1CCc2c(sc3ncnc(Nc4cc(C=N)c(N)cc4OC)c23)C1. The molecule has 1 aliphatic rings. The molecule has 180 valence electrons. The maximum absolute atomic E-state index is 13.1. The summed E-state index contributed by atoms with van der Waals surface area (Å²) in [6.45, 7) is 2.51. The summed E-state index contributed by atoms with van der Waals surface area (Å²) >= 11 is 1.62. The maximum Gasteiger partial charge on any atom is 0.226 e. The van der Waals surface area contributed by atoms with E-state index in [1.54, 1.807) is 42.6 Å². The lowest BCUT2D eigenvalue weighted by molar-refractivity contribution is -0.137. The van der Waals surface area contributed by atoms with Gasteiger partial charge in [0.15, 0.2) is 0 Å². The van der Waals surface area contributed by atoms with Crippen LogP contribution in [0.15, 0.2) is 18.5 Å². The molecule has 0 aliphatic heterocycles. The number of benzene rings is 1. The number of ether oxygens (including phenoxy) is 2. The van der Waals surface area contributed by atoms with Crippen LogP contribution in [0.2, 0.25) is 0 Å². The van der Waals surface area contributed by atoms with Gasteiger partial charge in [0.1, 0.15) is 22.7 Å². The number of carbonyl (C=O) groups excluding carboxylic acids is 1. The normalized spacial score (nSPS) is 16.1. The number of thiophene rings is 1. The summed E-state index contributed by atoms with van der Waals surface area (Å²) < 4.78 is 10.7.